The van der Waals surface area contributed by atoms with Gasteiger partial charge in [0.05, 0.1) is 7.11 Å². The lowest BCUT2D eigenvalue weighted by Gasteiger charge is -2.02. The molecule has 17 heavy (non-hydrogen) atoms. The monoisotopic (exact) mass is 263 g/mol. The van der Waals surface area contributed by atoms with Crippen molar-refractivity contribution < 1.29 is 32.3 Å². The van der Waals surface area contributed by atoms with Crippen LogP contribution in [-0.2, 0) is 19.6 Å². The van der Waals surface area contributed by atoms with E-state index in [9.17, 15) is 18.0 Å². The zero-order valence-electron chi connectivity index (χ0n) is 8.67. The van der Waals surface area contributed by atoms with Gasteiger partial charge in [0.25, 0.3) is 10.0 Å². The summed E-state index contributed by atoms with van der Waals surface area (Å²) in [5.41, 5.74) is 0. The van der Waals surface area contributed by atoms with Gasteiger partial charge in [0.2, 0.25) is 10.9 Å². The van der Waals surface area contributed by atoms with Gasteiger partial charge in [0, 0.05) is 0 Å². The summed E-state index contributed by atoms with van der Waals surface area (Å²) in [5.74, 6) is -2.68. The fraction of sp³-hybridized carbons (Fsp3) is 0.250. The summed E-state index contributed by atoms with van der Waals surface area (Å²) in [6, 6.07) is 1.97. The highest BCUT2D eigenvalue weighted by Gasteiger charge is 2.21. The van der Waals surface area contributed by atoms with Crippen molar-refractivity contribution in [3.05, 3.63) is 17.9 Å². The maximum atomic E-state index is 11.5. The molecule has 0 saturated heterocycles. The third-order valence-electron chi connectivity index (χ3n) is 1.69. The second-order valence-corrected chi connectivity index (χ2v) is 4.52. The van der Waals surface area contributed by atoms with E-state index in [2.05, 4.69) is 9.15 Å². The minimum absolute atomic E-state index is 0.511. The smallest absolute Gasteiger partial charge is 0.371 e. The van der Waals surface area contributed by atoms with Crippen LogP contribution in [0.15, 0.2) is 21.6 Å². The Morgan fingerprint density at radius 2 is 2.12 bits per heavy atom. The lowest BCUT2D eigenvalue weighted by Crippen LogP contribution is -2.30. The van der Waals surface area contributed by atoms with Gasteiger partial charge in [-0.2, -0.15) is 4.72 Å². The first kappa shape index (κ1) is 13.2. The minimum Gasteiger partial charge on any atom is -0.475 e. The number of furan rings is 1. The lowest BCUT2D eigenvalue weighted by atomic mass is 10.5. The van der Waals surface area contributed by atoms with Gasteiger partial charge in [-0.15, -0.1) is 0 Å². The zero-order valence-corrected chi connectivity index (χ0v) is 9.48. The Morgan fingerprint density at radius 1 is 1.47 bits per heavy atom. The molecule has 1 heterocycles. The Morgan fingerprint density at radius 3 is 2.59 bits per heavy atom. The molecule has 1 aromatic rings. The number of carbonyl (C=O) groups is 2. The number of rotatable bonds is 5. The largest absolute Gasteiger partial charge is 0.475 e. The molecule has 0 aromatic carbocycles. The second kappa shape index (κ2) is 4.97. The molecule has 8 nitrogen and oxygen atoms in total. The van der Waals surface area contributed by atoms with Crippen LogP contribution < -0.4 is 4.72 Å². The summed E-state index contributed by atoms with van der Waals surface area (Å²) in [5, 5.41) is 7.95. The number of methoxy groups -OCH3 is 1. The van der Waals surface area contributed by atoms with Crippen molar-refractivity contribution in [2.45, 2.75) is 5.09 Å². The predicted molar refractivity (Wildman–Crippen MR) is 52.9 cm³/mol. The van der Waals surface area contributed by atoms with Gasteiger partial charge < -0.3 is 14.3 Å². The predicted octanol–water partition coefficient (Wildman–Crippen LogP) is -0.571. The standard InChI is InChI=1S/C8H9NO7S/c1-15-6(10)4-9-17(13,14)7-3-2-5(16-7)8(11)12/h2-3,9H,4H2,1H3,(H,11,12). The van der Waals surface area contributed by atoms with Crippen LogP contribution in [0.2, 0.25) is 0 Å². The first-order chi connectivity index (χ1) is 7.86. The normalized spacial score (nSPS) is 11.1. The van der Waals surface area contributed by atoms with Crippen LogP contribution in [0.4, 0.5) is 0 Å². The molecule has 94 valence electrons. The summed E-state index contributed by atoms with van der Waals surface area (Å²) in [6.45, 7) is -0.568. The van der Waals surface area contributed by atoms with Gasteiger partial charge in [-0.1, -0.05) is 0 Å². The Balaban J connectivity index is 2.82. The molecule has 0 fully saturated rings. The second-order valence-electron chi connectivity index (χ2n) is 2.82. The number of carboxylic acid groups (broad SMARTS) is 1. The molecule has 0 aliphatic heterocycles. The van der Waals surface area contributed by atoms with Crippen LogP contribution in [0.1, 0.15) is 10.6 Å². The summed E-state index contributed by atoms with van der Waals surface area (Å²) in [7, 11) is -2.96. The molecule has 0 amide bonds. The molecular weight excluding hydrogens is 254 g/mol. The van der Waals surface area contributed by atoms with Crippen molar-refractivity contribution in [2.24, 2.45) is 0 Å². The number of carbonyl (C=O) groups excluding carboxylic acids is 1. The van der Waals surface area contributed by atoms with Crippen molar-refractivity contribution in [1.29, 1.82) is 0 Å². The van der Waals surface area contributed by atoms with Gasteiger partial charge in [-0.05, 0) is 12.1 Å². The van der Waals surface area contributed by atoms with E-state index in [0.717, 1.165) is 19.2 Å². The number of aromatic carboxylic acids is 1. The molecule has 1 rings (SSSR count). The van der Waals surface area contributed by atoms with Gasteiger partial charge in [-0.3, -0.25) is 4.79 Å². The summed E-state index contributed by atoms with van der Waals surface area (Å²) in [6.07, 6.45) is 0. The van der Waals surface area contributed by atoms with E-state index in [1.54, 1.807) is 0 Å². The topological polar surface area (TPSA) is 123 Å². The average Bonchev–Trinajstić information content (AvgIpc) is 2.76. The van der Waals surface area contributed by atoms with Crippen LogP contribution in [0.5, 0.6) is 0 Å². The van der Waals surface area contributed by atoms with Crippen LogP contribution in [-0.4, -0.2) is 39.1 Å². The number of sulfonamides is 1. The van der Waals surface area contributed by atoms with E-state index >= 15 is 0 Å². The van der Waals surface area contributed by atoms with Gasteiger partial charge in [0.15, 0.2) is 0 Å². The Hall–Kier alpha value is -1.87. The SMILES string of the molecule is COC(=O)CNS(=O)(=O)c1ccc(C(=O)O)o1. The van der Waals surface area contributed by atoms with Crippen molar-refractivity contribution in [2.75, 3.05) is 13.7 Å². The molecule has 1 aromatic heterocycles. The molecule has 0 saturated carbocycles. The molecular formula is C8H9NO7S. The summed E-state index contributed by atoms with van der Waals surface area (Å²) < 4.78 is 33.7. The van der Waals surface area contributed by atoms with E-state index in [4.69, 9.17) is 5.11 Å². The molecule has 0 bridgehead atoms. The molecule has 0 spiro atoms. The average molecular weight is 263 g/mol. The fourth-order valence-electron chi connectivity index (χ4n) is 0.877. The highest BCUT2D eigenvalue weighted by molar-refractivity contribution is 7.89. The number of hydrogen-bond acceptors (Lipinski definition) is 6. The first-order valence-electron chi connectivity index (χ1n) is 4.26. The Bertz CT molecular complexity index is 530. The molecule has 2 N–H and O–H groups in total. The lowest BCUT2D eigenvalue weighted by molar-refractivity contribution is -0.139. The van der Waals surface area contributed by atoms with Crippen molar-refractivity contribution in [3.63, 3.8) is 0 Å². The molecule has 0 radical (unpaired) electrons. The quantitative estimate of drug-likeness (QED) is 0.682. The van der Waals surface area contributed by atoms with Gasteiger partial charge in [0.1, 0.15) is 6.54 Å². The summed E-state index contributed by atoms with van der Waals surface area (Å²) in [4.78, 5) is 21.2. The van der Waals surface area contributed by atoms with Crippen LogP contribution in [0, 0.1) is 0 Å². The van der Waals surface area contributed by atoms with Gasteiger partial charge >= 0.3 is 11.9 Å². The number of nitrogens with one attached hydrogen (secondary N) is 1. The van der Waals surface area contributed by atoms with E-state index in [-0.39, 0.29) is 0 Å². The maximum absolute atomic E-state index is 11.5. The Labute approximate surface area is 96.2 Å². The number of hydrogen-bond donors (Lipinski definition) is 2. The van der Waals surface area contributed by atoms with E-state index in [0.29, 0.717) is 0 Å². The molecule has 0 atom stereocenters. The highest BCUT2D eigenvalue weighted by atomic mass is 32.2. The number of esters is 1. The number of carboxylic acids is 1. The van der Waals surface area contributed by atoms with Crippen molar-refractivity contribution >= 4 is 22.0 Å². The van der Waals surface area contributed by atoms with Crippen molar-refractivity contribution in [1.82, 2.24) is 4.72 Å². The number of ether oxygens (including phenoxy) is 1. The van der Waals surface area contributed by atoms with Crippen LogP contribution in [0.3, 0.4) is 0 Å². The third kappa shape index (κ3) is 3.29. The summed E-state index contributed by atoms with van der Waals surface area (Å²) >= 11 is 0. The maximum Gasteiger partial charge on any atom is 0.371 e. The van der Waals surface area contributed by atoms with E-state index < -0.39 is 39.4 Å². The fourth-order valence-corrected chi connectivity index (χ4v) is 1.77. The van der Waals surface area contributed by atoms with Crippen LogP contribution in [0.25, 0.3) is 0 Å². The van der Waals surface area contributed by atoms with Gasteiger partial charge in [-0.25, -0.2) is 13.2 Å². The van der Waals surface area contributed by atoms with E-state index in [1.807, 2.05) is 4.72 Å². The minimum atomic E-state index is -4.06. The Kier molecular flexibility index (Phi) is 3.86. The zero-order chi connectivity index (χ0) is 13.1. The molecule has 0 aliphatic carbocycles. The molecule has 0 aliphatic rings. The first-order valence-corrected chi connectivity index (χ1v) is 5.75. The third-order valence-corrected chi connectivity index (χ3v) is 2.96. The van der Waals surface area contributed by atoms with Crippen molar-refractivity contribution in [3.8, 4) is 0 Å². The van der Waals surface area contributed by atoms with E-state index in [1.165, 1.54) is 0 Å². The molecule has 9 heteroatoms. The molecule has 0 unspecified atom stereocenters. The van der Waals surface area contributed by atoms with Crippen LogP contribution >= 0.6 is 0 Å². The highest BCUT2D eigenvalue weighted by Crippen LogP contribution is 2.13.